The molecule has 116 valence electrons. The third kappa shape index (κ3) is 2.17. The van der Waals surface area contributed by atoms with Gasteiger partial charge in [-0.1, -0.05) is 18.6 Å². The van der Waals surface area contributed by atoms with E-state index in [-0.39, 0.29) is 11.8 Å². The van der Waals surface area contributed by atoms with Crippen molar-refractivity contribution in [3.63, 3.8) is 0 Å². The number of amides is 2. The zero-order valence-corrected chi connectivity index (χ0v) is 12.8. The summed E-state index contributed by atoms with van der Waals surface area (Å²) in [6.45, 7) is 2.96. The lowest BCUT2D eigenvalue weighted by atomic mass is 9.83. The minimum atomic E-state index is -0.103. The number of hydrogen-bond donors (Lipinski definition) is 0. The van der Waals surface area contributed by atoms with Gasteiger partial charge in [0.25, 0.3) is 11.8 Å². The van der Waals surface area contributed by atoms with Crippen LogP contribution in [0.5, 0.6) is 0 Å². The standard InChI is InChI=1S/C18H22N2O2/c21-17-14-7-1-2-8-15(14)18(22)20(17)12-13-6-5-11-19-10-4-3-9-16(13)19/h1-2,7-8,13,16H,3-6,9-12H2/t13-,16?/m1/s1. The lowest BCUT2D eigenvalue weighted by Crippen LogP contribution is -2.51. The summed E-state index contributed by atoms with van der Waals surface area (Å²) in [5.41, 5.74) is 1.15. The largest absolute Gasteiger partial charge is 0.300 e. The first-order valence-electron chi connectivity index (χ1n) is 8.45. The Morgan fingerprint density at radius 3 is 2.32 bits per heavy atom. The van der Waals surface area contributed by atoms with E-state index in [1.54, 1.807) is 12.1 Å². The van der Waals surface area contributed by atoms with E-state index in [0.717, 1.165) is 6.42 Å². The van der Waals surface area contributed by atoms with Crippen molar-refractivity contribution in [3.05, 3.63) is 35.4 Å². The minimum Gasteiger partial charge on any atom is -0.300 e. The predicted molar refractivity (Wildman–Crippen MR) is 83.7 cm³/mol. The fraction of sp³-hybridized carbons (Fsp3) is 0.556. The van der Waals surface area contributed by atoms with E-state index >= 15 is 0 Å². The van der Waals surface area contributed by atoms with E-state index in [9.17, 15) is 9.59 Å². The molecule has 1 aromatic carbocycles. The maximum Gasteiger partial charge on any atom is 0.261 e. The quantitative estimate of drug-likeness (QED) is 0.788. The molecule has 1 aromatic rings. The van der Waals surface area contributed by atoms with E-state index < -0.39 is 0 Å². The van der Waals surface area contributed by atoms with Crippen molar-refractivity contribution in [2.45, 2.75) is 38.1 Å². The number of piperidine rings is 2. The molecule has 3 aliphatic rings. The van der Waals surface area contributed by atoms with Gasteiger partial charge in [0.15, 0.2) is 0 Å². The molecule has 3 aliphatic heterocycles. The van der Waals surface area contributed by atoms with Crippen LogP contribution in [0.1, 0.15) is 52.8 Å². The minimum absolute atomic E-state index is 0.103. The normalized spacial score (nSPS) is 28.6. The Balaban J connectivity index is 1.54. The van der Waals surface area contributed by atoms with Gasteiger partial charge in [0, 0.05) is 12.6 Å². The number of benzene rings is 1. The first kappa shape index (κ1) is 13.9. The number of hydrogen-bond acceptors (Lipinski definition) is 3. The van der Waals surface area contributed by atoms with Crippen LogP contribution in [-0.4, -0.2) is 47.3 Å². The van der Waals surface area contributed by atoms with Gasteiger partial charge in [-0.2, -0.15) is 0 Å². The molecule has 0 aromatic heterocycles. The van der Waals surface area contributed by atoms with E-state index in [0.29, 0.717) is 29.6 Å². The molecule has 2 fully saturated rings. The Labute approximate surface area is 131 Å². The second-order valence-corrected chi connectivity index (χ2v) is 6.77. The Hall–Kier alpha value is -1.68. The molecule has 3 heterocycles. The zero-order valence-electron chi connectivity index (χ0n) is 12.8. The first-order valence-corrected chi connectivity index (χ1v) is 8.45. The molecule has 0 N–H and O–H groups in total. The number of imide groups is 1. The first-order chi connectivity index (χ1) is 10.8. The maximum absolute atomic E-state index is 12.5. The van der Waals surface area contributed by atoms with E-state index in [1.165, 1.54) is 43.7 Å². The van der Waals surface area contributed by atoms with Crippen LogP contribution in [0.25, 0.3) is 0 Å². The molecule has 4 rings (SSSR count). The number of nitrogens with zero attached hydrogens (tertiary/aromatic N) is 2. The summed E-state index contributed by atoms with van der Waals surface area (Å²) in [7, 11) is 0. The van der Waals surface area contributed by atoms with E-state index in [2.05, 4.69) is 4.90 Å². The lowest BCUT2D eigenvalue weighted by Gasteiger charge is -2.45. The van der Waals surface area contributed by atoms with E-state index in [4.69, 9.17) is 0 Å². The van der Waals surface area contributed by atoms with Gasteiger partial charge in [-0.25, -0.2) is 0 Å². The van der Waals surface area contributed by atoms with Crippen molar-refractivity contribution < 1.29 is 9.59 Å². The van der Waals surface area contributed by atoms with Crippen LogP contribution in [-0.2, 0) is 0 Å². The zero-order chi connectivity index (χ0) is 15.1. The van der Waals surface area contributed by atoms with Crippen LogP contribution in [0, 0.1) is 5.92 Å². The molecule has 0 radical (unpaired) electrons. The highest BCUT2D eigenvalue weighted by Crippen LogP contribution is 2.33. The Bertz CT molecular complexity index is 576. The molecule has 4 heteroatoms. The highest BCUT2D eigenvalue weighted by Gasteiger charge is 2.40. The molecule has 0 spiro atoms. The second-order valence-electron chi connectivity index (χ2n) is 6.77. The van der Waals surface area contributed by atoms with Crippen molar-refractivity contribution in [1.82, 2.24) is 9.80 Å². The third-order valence-corrected chi connectivity index (χ3v) is 5.52. The van der Waals surface area contributed by atoms with Crippen LogP contribution in [0.15, 0.2) is 24.3 Å². The Kier molecular flexibility index (Phi) is 3.49. The summed E-state index contributed by atoms with van der Waals surface area (Å²) in [6.07, 6.45) is 6.10. The second kappa shape index (κ2) is 5.51. The number of carbonyl (C=O) groups is 2. The molecular weight excluding hydrogens is 276 g/mol. The maximum atomic E-state index is 12.5. The van der Waals surface area contributed by atoms with Crippen molar-refractivity contribution in [3.8, 4) is 0 Å². The van der Waals surface area contributed by atoms with Gasteiger partial charge < -0.3 is 4.90 Å². The van der Waals surface area contributed by atoms with Crippen LogP contribution < -0.4 is 0 Å². The molecule has 2 atom stereocenters. The molecule has 2 saturated heterocycles. The van der Waals surface area contributed by atoms with Crippen LogP contribution in [0.2, 0.25) is 0 Å². The average molecular weight is 298 g/mol. The van der Waals surface area contributed by atoms with Gasteiger partial charge >= 0.3 is 0 Å². The van der Waals surface area contributed by atoms with E-state index in [1.807, 2.05) is 12.1 Å². The lowest BCUT2D eigenvalue weighted by molar-refractivity contribution is 0.0353. The average Bonchev–Trinajstić information content (AvgIpc) is 2.81. The fourth-order valence-corrected chi connectivity index (χ4v) is 4.43. The summed E-state index contributed by atoms with van der Waals surface area (Å²) in [6, 6.07) is 7.76. The highest BCUT2D eigenvalue weighted by molar-refractivity contribution is 6.21. The summed E-state index contributed by atoms with van der Waals surface area (Å²) in [4.78, 5) is 29.1. The highest BCUT2D eigenvalue weighted by atomic mass is 16.2. The summed E-state index contributed by atoms with van der Waals surface area (Å²) in [5.74, 6) is 0.235. The molecule has 4 nitrogen and oxygen atoms in total. The molecule has 2 amide bonds. The number of fused-ring (bicyclic) bond motifs is 2. The van der Waals surface area contributed by atoms with Crippen molar-refractivity contribution in [2.75, 3.05) is 19.6 Å². The smallest absolute Gasteiger partial charge is 0.261 e. The molecule has 22 heavy (non-hydrogen) atoms. The van der Waals surface area contributed by atoms with Gasteiger partial charge in [0.2, 0.25) is 0 Å². The topological polar surface area (TPSA) is 40.6 Å². The molecular formula is C18H22N2O2. The summed E-state index contributed by atoms with van der Waals surface area (Å²) >= 11 is 0. The van der Waals surface area contributed by atoms with Crippen LogP contribution in [0.3, 0.4) is 0 Å². The SMILES string of the molecule is O=C1c2ccccc2C(=O)N1C[C@H]1CCCN2CCCCC12. The van der Waals surface area contributed by atoms with Crippen LogP contribution in [0.4, 0.5) is 0 Å². The monoisotopic (exact) mass is 298 g/mol. The van der Waals surface area contributed by atoms with Crippen molar-refractivity contribution in [2.24, 2.45) is 5.92 Å². The van der Waals surface area contributed by atoms with Gasteiger partial charge in [-0.05, 0) is 56.8 Å². The third-order valence-electron chi connectivity index (χ3n) is 5.52. The molecule has 0 bridgehead atoms. The number of carbonyl (C=O) groups excluding carboxylic acids is 2. The molecule has 1 unspecified atom stereocenters. The van der Waals surface area contributed by atoms with Gasteiger partial charge in [-0.3, -0.25) is 14.5 Å². The Morgan fingerprint density at radius 1 is 0.909 bits per heavy atom. The molecule has 0 aliphatic carbocycles. The fourth-order valence-electron chi connectivity index (χ4n) is 4.43. The van der Waals surface area contributed by atoms with Crippen LogP contribution >= 0.6 is 0 Å². The predicted octanol–water partition coefficient (Wildman–Crippen LogP) is 2.55. The molecule has 0 saturated carbocycles. The van der Waals surface area contributed by atoms with Gasteiger partial charge in [-0.15, -0.1) is 0 Å². The Morgan fingerprint density at radius 2 is 1.59 bits per heavy atom. The van der Waals surface area contributed by atoms with Crippen molar-refractivity contribution >= 4 is 11.8 Å². The summed E-state index contributed by atoms with van der Waals surface area (Å²) < 4.78 is 0. The van der Waals surface area contributed by atoms with Gasteiger partial charge in [0.1, 0.15) is 0 Å². The number of rotatable bonds is 2. The summed E-state index contributed by atoms with van der Waals surface area (Å²) in [5, 5.41) is 0. The van der Waals surface area contributed by atoms with Gasteiger partial charge in [0.05, 0.1) is 11.1 Å². The van der Waals surface area contributed by atoms with Crippen molar-refractivity contribution in [1.29, 1.82) is 0 Å².